The number of carboxylic acids is 3. The van der Waals surface area contributed by atoms with Crippen LogP contribution in [-0.4, -0.2) is 165 Å². The molecule has 0 heterocycles. The zero-order valence-corrected chi connectivity index (χ0v) is 43.5. The van der Waals surface area contributed by atoms with Gasteiger partial charge in [0.05, 0.1) is 39.6 Å². The average Bonchev–Trinajstić information content (AvgIpc) is 3.33. The van der Waals surface area contributed by atoms with Gasteiger partial charge in [0, 0.05) is 51.7 Å². The van der Waals surface area contributed by atoms with Crippen LogP contribution >= 0.6 is 0 Å². The Morgan fingerprint density at radius 1 is 0.356 bits per heavy atom. The Morgan fingerprint density at radius 3 is 1.10 bits per heavy atom. The average molecular weight is 1050 g/mol. The number of ketones is 1. The highest BCUT2D eigenvalue weighted by atomic mass is 16.5. The van der Waals surface area contributed by atoms with E-state index in [4.69, 9.17) is 18.9 Å². The van der Waals surface area contributed by atoms with E-state index in [0.29, 0.717) is 19.4 Å². The number of hydrogen-bond acceptors (Lipinski definition) is 14. The van der Waals surface area contributed by atoms with E-state index in [1.165, 1.54) is 51.4 Å². The summed E-state index contributed by atoms with van der Waals surface area (Å²) in [6.07, 6.45) is 17.2. The fourth-order valence-corrected chi connectivity index (χ4v) is 7.08. The number of carbonyl (C=O) groups is 10. The topological polar surface area (TPSA) is 340 Å². The first-order valence-electron chi connectivity index (χ1n) is 26.2. The highest BCUT2D eigenvalue weighted by Gasteiger charge is 2.25. The van der Waals surface area contributed by atoms with E-state index in [-0.39, 0.29) is 121 Å². The van der Waals surface area contributed by atoms with E-state index < -0.39 is 66.8 Å². The number of Topliss-reactive ketones (excluding diaryl/α,β-unsaturated/α-hetero) is 1. The van der Waals surface area contributed by atoms with Crippen molar-refractivity contribution in [3.8, 4) is 0 Å². The first-order valence-corrected chi connectivity index (χ1v) is 26.2. The Labute approximate surface area is 430 Å². The van der Waals surface area contributed by atoms with Gasteiger partial charge in [0.25, 0.3) is 0 Å². The predicted molar refractivity (Wildman–Crippen MR) is 268 cm³/mol. The number of carbonyl (C=O) groups excluding carboxylic acids is 7. The van der Waals surface area contributed by atoms with E-state index in [9.17, 15) is 63.3 Å². The van der Waals surface area contributed by atoms with Crippen LogP contribution in [0.2, 0.25) is 0 Å². The monoisotopic (exact) mass is 1040 g/mol. The van der Waals surface area contributed by atoms with Crippen LogP contribution in [-0.2, 0) is 66.9 Å². The Kier molecular flexibility index (Phi) is 43.2. The van der Waals surface area contributed by atoms with Gasteiger partial charge in [-0.3, -0.25) is 28.8 Å². The van der Waals surface area contributed by atoms with Gasteiger partial charge in [-0.15, -0.1) is 0 Å². The van der Waals surface area contributed by atoms with Gasteiger partial charge >= 0.3 is 17.9 Å². The predicted octanol–water partition coefficient (Wildman–Crippen LogP) is 3.08. The normalized spacial score (nSPS) is 12.2. The molecule has 0 radical (unpaired) electrons. The molecule has 0 fully saturated rings. The van der Waals surface area contributed by atoms with Crippen molar-refractivity contribution in [3.63, 3.8) is 0 Å². The number of unbranched alkanes of at least 4 members (excludes halogenated alkanes) is 14. The molecule has 420 valence electrons. The molecule has 0 spiro atoms. The van der Waals surface area contributed by atoms with Gasteiger partial charge in [-0.05, 0) is 45.4 Å². The quantitative estimate of drug-likeness (QED) is 0.0395. The highest BCUT2D eigenvalue weighted by Crippen LogP contribution is 2.14. The molecule has 0 aromatic carbocycles. The summed E-state index contributed by atoms with van der Waals surface area (Å²) in [6, 6.07) is -3.96. The molecule has 73 heavy (non-hydrogen) atoms. The number of nitrogens with one attached hydrogen (secondary N) is 6. The molecule has 0 rings (SSSR count). The van der Waals surface area contributed by atoms with Gasteiger partial charge < -0.3 is 71.0 Å². The maximum absolute atomic E-state index is 12.4. The fraction of sp³-hybridized carbons (Fsp3) is 0.800. The number of hydrogen-bond donors (Lipinski definition) is 9. The largest absolute Gasteiger partial charge is 0.480 e. The third-order valence-corrected chi connectivity index (χ3v) is 11.3. The molecule has 6 amide bonds. The molecule has 0 aromatic rings. The van der Waals surface area contributed by atoms with Crippen molar-refractivity contribution in [2.75, 3.05) is 72.5 Å². The molecule has 0 bridgehead atoms. The SMILES string of the molecule is CCCCNC(=O)CC[C@H](NC(=O)CC[C@H](NC(=O)COCCOCCNC(=O)COCCOCCNC(=O)CC[C@H](NC(=O)CCCCCCCCCCCCCCCCC(C)=O)C(=O)O)C(=O)O)C(=O)O. The van der Waals surface area contributed by atoms with Crippen LogP contribution in [0.5, 0.6) is 0 Å². The lowest BCUT2D eigenvalue weighted by molar-refractivity contribution is -0.144. The number of carboxylic acid groups (broad SMARTS) is 3. The lowest BCUT2D eigenvalue weighted by Crippen LogP contribution is -2.45. The summed E-state index contributed by atoms with van der Waals surface area (Å²) in [6.45, 7) is 4.21. The minimum absolute atomic E-state index is 0.0256. The van der Waals surface area contributed by atoms with E-state index in [0.717, 1.165) is 44.9 Å². The summed E-state index contributed by atoms with van der Waals surface area (Å²) < 4.78 is 21.2. The summed E-state index contributed by atoms with van der Waals surface area (Å²) in [5.74, 6) is -6.68. The van der Waals surface area contributed by atoms with Crippen molar-refractivity contribution in [3.05, 3.63) is 0 Å². The van der Waals surface area contributed by atoms with Gasteiger partial charge in [-0.2, -0.15) is 0 Å². The van der Waals surface area contributed by atoms with E-state index in [2.05, 4.69) is 31.9 Å². The van der Waals surface area contributed by atoms with E-state index >= 15 is 0 Å². The Hall–Kier alpha value is -5.26. The number of rotatable bonds is 51. The van der Waals surface area contributed by atoms with Gasteiger partial charge in [0.15, 0.2) is 0 Å². The molecule has 23 heteroatoms. The van der Waals surface area contributed by atoms with Crippen molar-refractivity contribution in [1.82, 2.24) is 31.9 Å². The molecule has 0 aliphatic heterocycles. The summed E-state index contributed by atoms with van der Waals surface area (Å²) >= 11 is 0. The summed E-state index contributed by atoms with van der Waals surface area (Å²) in [5, 5.41) is 43.3. The molecule has 0 saturated heterocycles. The van der Waals surface area contributed by atoms with Gasteiger partial charge in [-0.25, -0.2) is 14.4 Å². The lowest BCUT2D eigenvalue weighted by Gasteiger charge is -2.17. The van der Waals surface area contributed by atoms with Gasteiger partial charge in [0.1, 0.15) is 37.1 Å². The Balaban J connectivity index is 3.90. The first kappa shape index (κ1) is 67.7. The number of amides is 6. The second kappa shape index (κ2) is 46.5. The minimum atomic E-state index is -1.45. The van der Waals surface area contributed by atoms with Crippen LogP contribution in [0, 0.1) is 0 Å². The molecule has 3 atom stereocenters. The number of aliphatic carboxylic acids is 3. The molecule has 0 aliphatic carbocycles. The van der Waals surface area contributed by atoms with Crippen LogP contribution in [0.4, 0.5) is 0 Å². The van der Waals surface area contributed by atoms with Crippen molar-refractivity contribution < 1.29 is 82.2 Å². The standard InChI is InChI=1S/C50H88N6O17/c1-3-4-27-51-42(58)24-21-40(49(66)67)55-45(61)26-23-41(50(68)69)56-47(63)37-73-35-33-71-31-29-53-46(62)36-72-34-32-70-30-28-52-43(59)25-22-39(48(64)65)54-44(60)20-18-16-14-12-10-8-6-5-7-9-11-13-15-17-19-38(2)57/h39-41H,3-37H2,1-2H3,(H,51,58)(H,52,59)(H,53,62)(H,54,60)(H,55,61)(H,56,63)(H,64,65)(H,66,67)(H,68,69)/t39-,40-,41-/m0/s1. The number of ether oxygens (including phenoxy) is 4. The minimum Gasteiger partial charge on any atom is -0.480 e. The lowest BCUT2D eigenvalue weighted by atomic mass is 10.0. The molecule has 23 nitrogen and oxygen atoms in total. The molecule has 0 saturated carbocycles. The molecule has 0 aromatic heterocycles. The van der Waals surface area contributed by atoms with Crippen molar-refractivity contribution >= 4 is 59.1 Å². The molecule has 0 unspecified atom stereocenters. The third kappa shape index (κ3) is 44.0. The second-order valence-electron chi connectivity index (χ2n) is 17.9. The maximum Gasteiger partial charge on any atom is 0.326 e. The summed E-state index contributed by atoms with van der Waals surface area (Å²) in [7, 11) is 0. The Bertz CT molecular complexity index is 1600. The van der Waals surface area contributed by atoms with Crippen molar-refractivity contribution in [2.24, 2.45) is 0 Å². The van der Waals surface area contributed by atoms with E-state index in [1.54, 1.807) is 6.92 Å². The molecule has 9 N–H and O–H groups in total. The zero-order valence-electron chi connectivity index (χ0n) is 43.5. The molecular weight excluding hydrogens is 957 g/mol. The van der Waals surface area contributed by atoms with Crippen LogP contribution in [0.15, 0.2) is 0 Å². The van der Waals surface area contributed by atoms with Gasteiger partial charge in [-0.1, -0.05) is 90.4 Å². The van der Waals surface area contributed by atoms with Gasteiger partial charge in [0.2, 0.25) is 35.4 Å². The smallest absolute Gasteiger partial charge is 0.326 e. The van der Waals surface area contributed by atoms with Crippen molar-refractivity contribution in [2.45, 2.75) is 186 Å². The summed E-state index contributed by atoms with van der Waals surface area (Å²) in [5.41, 5.74) is 0. The van der Waals surface area contributed by atoms with Crippen molar-refractivity contribution in [1.29, 1.82) is 0 Å². The zero-order chi connectivity index (χ0) is 54.3. The molecular formula is C50H88N6O17. The maximum atomic E-state index is 12.4. The van der Waals surface area contributed by atoms with Crippen LogP contribution in [0.1, 0.15) is 168 Å². The van der Waals surface area contributed by atoms with Crippen LogP contribution < -0.4 is 31.9 Å². The highest BCUT2D eigenvalue weighted by molar-refractivity contribution is 5.87. The molecule has 0 aliphatic rings. The Morgan fingerprint density at radius 2 is 0.685 bits per heavy atom. The fourth-order valence-electron chi connectivity index (χ4n) is 7.08. The van der Waals surface area contributed by atoms with E-state index in [1.807, 2.05) is 6.92 Å². The second-order valence-corrected chi connectivity index (χ2v) is 17.9. The first-order chi connectivity index (χ1) is 35.0. The van der Waals surface area contributed by atoms with Crippen LogP contribution in [0.3, 0.4) is 0 Å². The van der Waals surface area contributed by atoms with Crippen LogP contribution in [0.25, 0.3) is 0 Å². The summed E-state index contributed by atoms with van der Waals surface area (Å²) in [4.78, 5) is 119. The third-order valence-electron chi connectivity index (χ3n) is 11.3.